The van der Waals surface area contributed by atoms with Gasteiger partial charge in [-0.3, -0.25) is 4.79 Å². The first-order chi connectivity index (χ1) is 13.3. The van der Waals surface area contributed by atoms with Crippen LogP contribution in [0.5, 0.6) is 0 Å². The lowest BCUT2D eigenvalue weighted by Crippen LogP contribution is -2.55. The molecule has 28 heavy (non-hydrogen) atoms. The van der Waals surface area contributed by atoms with Crippen molar-refractivity contribution in [3.8, 4) is 0 Å². The number of fused-ring (bicyclic) bond motifs is 1. The van der Waals surface area contributed by atoms with E-state index in [1.807, 2.05) is 17.0 Å². The predicted octanol–water partition coefficient (Wildman–Crippen LogP) is 3.61. The number of aryl methyl sites for hydroxylation is 1. The summed E-state index contributed by atoms with van der Waals surface area (Å²) in [6.07, 6.45) is 4.88. The molecule has 1 spiro atoms. The van der Waals surface area contributed by atoms with Crippen molar-refractivity contribution in [3.63, 3.8) is 0 Å². The standard InChI is InChI=1S/C23H34N2O3/c1-22(2,3)19-14-17(26)15-23(28-19)9-12-25(13-10-23)21(27)18-8-4-6-16-7-5-11-24-20(16)18/h4,6,8,17,19,24,26H,5,7,9-15H2,1-3H3/t17-,19-/m1/s1. The van der Waals surface area contributed by atoms with Gasteiger partial charge in [0.25, 0.3) is 5.91 Å². The highest BCUT2D eigenvalue weighted by molar-refractivity contribution is 6.00. The first-order valence-corrected chi connectivity index (χ1v) is 10.8. The maximum atomic E-state index is 13.2. The third-order valence-corrected chi connectivity index (χ3v) is 6.72. The van der Waals surface area contributed by atoms with E-state index in [4.69, 9.17) is 4.74 Å². The van der Waals surface area contributed by atoms with Gasteiger partial charge in [-0.2, -0.15) is 0 Å². The second-order valence-electron chi connectivity index (χ2n) is 9.91. The molecule has 4 rings (SSSR count). The van der Waals surface area contributed by atoms with E-state index in [0.717, 1.165) is 43.5 Å². The minimum absolute atomic E-state index is 0.0100. The summed E-state index contributed by atoms with van der Waals surface area (Å²) in [5.74, 6) is 0.116. The lowest BCUT2D eigenvalue weighted by Gasteiger charge is -2.50. The Labute approximate surface area is 168 Å². The van der Waals surface area contributed by atoms with E-state index < -0.39 is 0 Å². The minimum Gasteiger partial charge on any atom is -0.393 e. The monoisotopic (exact) mass is 386 g/mol. The number of ether oxygens (including phenoxy) is 1. The van der Waals surface area contributed by atoms with Crippen LogP contribution in [-0.4, -0.2) is 53.4 Å². The summed E-state index contributed by atoms with van der Waals surface area (Å²) in [5, 5.41) is 13.9. The molecule has 0 aromatic heterocycles. The third kappa shape index (κ3) is 3.79. The molecule has 0 unspecified atom stereocenters. The van der Waals surface area contributed by atoms with E-state index >= 15 is 0 Å². The van der Waals surface area contributed by atoms with E-state index in [-0.39, 0.29) is 29.1 Å². The van der Waals surface area contributed by atoms with Crippen LogP contribution in [-0.2, 0) is 11.2 Å². The molecule has 1 aromatic carbocycles. The van der Waals surface area contributed by atoms with Gasteiger partial charge >= 0.3 is 0 Å². The van der Waals surface area contributed by atoms with Crippen molar-refractivity contribution in [3.05, 3.63) is 29.3 Å². The Kier molecular flexibility index (Phi) is 5.17. The maximum Gasteiger partial charge on any atom is 0.255 e. The molecule has 0 radical (unpaired) electrons. The number of nitrogens with one attached hydrogen (secondary N) is 1. The highest BCUT2D eigenvalue weighted by atomic mass is 16.5. The number of hydrogen-bond acceptors (Lipinski definition) is 4. The number of para-hydroxylation sites is 1. The molecule has 1 amide bonds. The molecule has 2 saturated heterocycles. The zero-order chi connectivity index (χ0) is 19.9. The van der Waals surface area contributed by atoms with Gasteiger partial charge in [0, 0.05) is 32.5 Å². The fourth-order valence-corrected chi connectivity index (χ4v) is 4.99. The van der Waals surface area contributed by atoms with Crippen LogP contribution < -0.4 is 5.32 Å². The number of carbonyl (C=O) groups is 1. The number of anilines is 1. The van der Waals surface area contributed by atoms with Crippen molar-refractivity contribution < 1.29 is 14.6 Å². The molecule has 5 nitrogen and oxygen atoms in total. The molecule has 1 aromatic rings. The van der Waals surface area contributed by atoms with Gasteiger partial charge in [-0.25, -0.2) is 0 Å². The molecule has 154 valence electrons. The van der Waals surface area contributed by atoms with Crippen LogP contribution in [0.3, 0.4) is 0 Å². The van der Waals surface area contributed by atoms with Crippen LogP contribution >= 0.6 is 0 Å². The zero-order valence-corrected chi connectivity index (χ0v) is 17.5. The number of likely N-dealkylation sites (tertiary alicyclic amines) is 1. The van der Waals surface area contributed by atoms with Gasteiger partial charge in [0.1, 0.15) is 0 Å². The molecule has 2 atom stereocenters. The number of benzene rings is 1. The number of nitrogens with zero attached hydrogens (tertiary/aromatic N) is 1. The van der Waals surface area contributed by atoms with Gasteiger partial charge in [-0.1, -0.05) is 32.9 Å². The summed E-state index contributed by atoms with van der Waals surface area (Å²) < 4.78 is 6.56. The van der Waals surface area contributed by atoms with E-state index in [1.165, 1.54) is 5.56 Å². The lowest BCUT2D eigenvalue weighted by molar-refractivity contribution is -0.205. The summed E-state index contributed by atoms with van der Waals surface area (Å²) in [7, 11) is 0. The van der Waals surface area contributed by atoms with E-state index in [2.05, 4.69) is 32.2 Å². The molecule has 3 aliphatic rings. The first-order valence-electron chi connectivity index (χ1n) is 10.8. The molecule has 2 fully saturated rings. The summed E-state index contributed by atoms with van der Waals surface area (Å²) in [6, 6.07) is 6.06. The molecule has 0 bridgehead atoms. The molecule has 0 saturated carbocycles. The summed E-state index contributed by atoms with van der Waals surface area (Å²) in [4.78, 5) is 15.2. The molecule has 2 N–H and O–H groups in total. The number of aliphatic hydroxyl groups excluding tert-OH is 1. The Balaban J connectivity index is 1.46. The maximum absolute atomic E-state index is 13.2. The van der Waals surface area contributed by atoms with Crippen molar-refractivity contribution in [2.45, 2.75) is 77.1 Å². The van der Waals surface area contributed by atoms with Crippen molar-refractivity contribution in [1.82, 2.24) is 4.90 Å². The smallest absolute Gasteiger partial charge is 0.255 e. The number of carbonyl (C=O) groups excluding carboxylic acids is 1. The molecular formula is C23H34N2O3. The third-order valence-electron chi connectivity index (χ3n) is 6.72. The van der Waals surface area contributed by atoms with Crippen molar-refractivity contribution in [1.29, 1.82) is 0 Å². The minimum atomic E-state index is -0.314. The Bertz CT molecular complexity index is 732. The van der Waals surface area contributed by atoms with E-state index in [0.29, 0.717) is 25.9 Å². The number of aliphatic hydroxyl groups is 1. The van der Waals surface area contributed by atoms with Crippen LogP contribution in [0.4, 0.5) is 5.69 Å². The van der Waals surface area contributed by atoms with Crippen LogP contribution in [0.25, 0.3) is 0 Å². The Morgan fingerprint density at radius 1 is 1.29 bits per heavy atom. The number of piperidine rings is 1. The van der Waals surface area contributed by atoms with Gasteiger partial charge in [0.05, 0.1) is 29.1 Å². The van der Waals surface area contributed by atoms with Gasteiger partial charge in [-0.05, 0) is 42.7 Å². The summed E-state index contributed by atoms with van der Waals surface area (Å²) in [6.45, 7) is 8.83. The fraction of sp³-hybridized carbons (Fsp3) is 0.696. The predicted molar refractivity (Wildman–Crippen MR) is 111 cm³/mol. The first kappa shape index (κ1) is 19.7. The van der Waals surface area contributed by atoms with Crippen LogP contribution in [0, 0.1) is 5.41 Å². The molecule has 3 heterocycles. The SMILES string of the molecule is CC(C)(C)[C@H]1C[C@@H](O)CC2(CCN(C(=O)c3cccc4c3NCCC4)CC2)O1. The van der Waals surface area contributed by atoms with Gasteiger partial charge in [0.15, 0.2) is 0 Å². The normalized spacial score (nSPS) is 27.2. The molecule has 3 aliphatic heterocycles. The van der Waals surface area contributed by atoms with Gasteiger partial charge < -0.3 is 20.1 Å². The highest BCUT2D eigenvalue weighted by Gasteiger charge is 2.46. The van der Waals surface area contributed by atoms with Crippen LogP contribution in [0.2, 0.25) is 0 Å². The number of hydrogen-bond donors (Lipinski definition) is 2. The topological polar surface area (TPSA) is 61.8 Å². The zero-order valence-electron chi connectivity index (χ0n) is 17.5. The summed E-state index contributed by atoms with van der Waals surface area (Å²) >= 11 is 0. The lowest BCUT2D eigenvalue weighted by atomic mass is 9.76. The molecule has 0 aliphatic carbocycles. The quantitative estimate of drug-likeness (QED) is 0.774. The number of rotatable bonds is 1. The largest absolute Gasteiger partial charge is 0.393 e. The average Bonchev–Trinajstić information content (AvgIpc) is 2.66. The molecule has 5 heteroatoms. The number of amides is 1. The van der Waals surface area contributed by atoms with E-state index in [9.17, 15) is 9.90 Å². The Morgan fingerprint density at radius 2 is 2.04 bits per heavy atom. The second kappa shape index (κ2) is 7.34. The second-order valence-corrected chi connectivity index (χ2v) is 9.91. The fourth-order valence-electron chi connectivity index (χ4n) is 4.99. The van der Waals surface area contributed by atoms with E-state index in [1.54, 1.807) is 0 Å². The molecular weight excluding hydrogens is 352 g/mol. The van der Waals surface area contributed by atoms with Gasteiger partial charge in [-0.15, -0.1) is 0 Å². The van der Waals surface area contributed by atoms with Gasteiger partial charge in [0.2, 0.25) is 0 Å². The average molecular weight is 387 g/mol. The van der Waals surface area contributed by atoms with Crippen molar-refractivity contribution >= 4 is 11.6 Å². The van der Waals surface area contributed by atoms with Crippen molar-refractivity contribution in [2.24, 2.45) is 5.41 Å². The Morgan fingerprint density at radius 3 is 2.75 bits per heavy atom. The summed E-state index contributed by atoms with van der Waals surface area (Å²) in [5.41, 5.74) is 2.79. The highest BCUT2D eigenvalue weighted by Crippen LogP contribution is 2.42. The van der Waals surface area contributed by atoms with Crippen LogP contribution in [0.1, 0.15) is 68.8 Å². The Hall–Kier alpha value is -1.59. The van der Waals surface area contributed by atoms with Crippen molar-refractivity contribution in [2.75, 3.05) is 25.0 Å². The van der Waals surface area contributed by atoms with Crippen LogP contribution in [0.15, 0.2) is 18.2 Å².